The number of ether oxygens (including phenoxy) is 3. The van der Waals surface area contributed by atoms with Crippen LogP contribution in [0.15, 0.2) is 34.0 Å². The van der Waals surface area contributed by atoms with Crippen molar-refractivity contribution in [1.29, 1.82) is 0 Å². The SMILES string of the molecule is CCOC(=O)OC(C)OC(=O)C1=C(C=CC(F)(F)F)CS[C@H]2C(NC(=O)C(=NOCC(=O)O)c3csc(N)n3)C(=O)N12. The van der Waals surface area contributed by atoms with Gasteiger partial charge in [-0.3, -0.25) is 14.5 Å². The number of oxime groups is 1. The van der Waals surface area contributed by atoms with Crippen LogP contribution in [0.5, 0.6) is 0 Å². The molecule has 0 aromatic carbocycles. The van der Waals surface area contributed by atoms with Crippen LogP contribution >= 0.6 is 23.1 Å². The molecule has 3 rings (SSSR count). The van der Waals surface area contributed by atoms with E-state index >= 15 is 0 Å². The van der Waals surface area contributed by atoms with E-state index in [1.807, 2.05) is 0 Å². The topological polar surface area (TPSA) is 209 Å². The number of thioether (sulfide) groups is 1. The lowest BCUT2D eigenvalue weighted by atomic mass is 10.0. The molecule has 2 aliphatic heterocycles. The van der Waals surface area contributed by atoms with Gasteiger partial charge < -0.3 is 35.2 Å². The van der Waals surface area contributed by atoms with E-state index in [1.54, 1.807) is 0 Å². The number of carboxylic acid groups (broad SMARTS) is 1. The van der Waals surface area contributed by atoms with Crippen LogP contribution in [0.1, 0.15) is 19.5 Å². The molecule has 4 N–H and O–H groups in total. The van der Waals surface area contributed by atoms with Crippen molar-refractivity contribution in [3.8, 4) is 0 Å². The summed E-state index contributed by atoms with van der Waals surface area (Å²) in [6.45, 7) is 1.71. The highest BCUT2D eigenvalue weighted by molar-refractivity contribution is 8.00. The van der Waals surface area contributed by atoms with E-state index in [0.29, 0.717) is 6.08 Å². The third-order valence-corrected chi connectivity index (χ3v) is 7.05. The highest BCUT2D eigenvalue weighted by Crippen LogP contribution is 2.41. The van der Waals surface area contributed by atoms with Crippen LogP contribution in [-0.4, -0.2) is 93.5 Å². The number of esters is 1. The molecule has 15 nitrogen and oxygen atoms in total. The predicted molar refractivity (Wildman–Crippen MR) is 138 cm³/mol. The molecule has 0 radical (unpaired) electrons. The lowest BCUT2D eigenvalue weighted by Gasteiger charge is -2.49. The summed E-state index contributed by atoms with van der Waals surface area (Å²) in [5, 5.41) is 15.0. The smallest absolute Gasteiger partial charge is 0.479 e. The Labute approximate surface area is 242 Å². The number of nitrogens with two attached hydrogens (primary N) is 1. The first-order valence-electron chi connectivity index (χ1n) is 11.6. The summed E-state index contributed by atoms with van der Waals surface area (Å²) in [5.41, 5.74) is 4.22. The molecule has 42 heavy (non-hydrogen) atoms. The Hall–Kier alpha value is -4.33. The number of anilines is 1. The molecule has 228 valence electrons. The summed E-state index contributed by atoms with van der Waals surface area (Å²) in [7, 11) is 0. The number of allylic oxidation sites excluding steroid dienone is 2. The molecule has 1 saturated heterocycles. The Morgan fingerprint density at radius 3 is 2.64 bits per heavy atom. The molecule has 1 aromatic heterocycles. The van der Waals surface area contributed by atoms with Crippen molar-refractivity contribution >= 4 is 63.9 Å². The van der Waals surface area contributed by atoms with Crippen LogP contribution in [0.4, 0.5) is 23.1 Å². The zero-order chi connectivity index (χ0) is 31.2. The van der Waals surface area contributed by atoms with Gasteiger partial charge in [0.1, 0.15) is 22.8 Å². The van der Waals surface area contributed by atoms with Crippen LogP contribution < -0.4 is 11.1 Å². The molecular formula is C22H22F3N5O10S2. The molecular weight excluding hydrogens is 615 g/mol. The lowest BCUT2D eigenvalue weighted by Crippen LogP contribution is -2.71. The number of rotatable bonds is 11. The molecule has 0 bridgehead atoms. The van der Waals surface area contributed by atoms with Gasteiger partial charge in [0.25, 0.3) is 11.8 Å². The number of nitrogen functional groups attached to an aromatic ring is 1. The molecule has 1 fully saturated rings. The van der Waals surface area contributed by atoms with Crippen molar-refractivity contribution < 1.29 is 61.3 Å². The maximum absolute atomic E-state index is 13.1. The van der Waals surface area contributed by atoms with Crippen LogP contribution in [0.25, 0.3) is 0 Å². The number of nitrogens with one attached hydrogen (secondary N) is 1. The molecule has 2 aliphatic rings. The fourth-order valence-corrected chi connectivity index (χ4v) is 5.30. The van der Waals surface area contributed by atoms with Gasteiger partial charge in [-0.2, -0.15) is 13.2 Å². The van der Waals surface area contributed by atoms with Crippen molar-refractivity contribution in [2.75, 3.05) is 24.7 Å². The number of hydrogen-bond acceptors (Lipinski definition) is 14. The standard InChI is InChI=1S/C22H22F3N5O10S2/c1-3-37-21(36)40-9(2)39-19(35)15-10(4-5-22(23,24)25)7-41-18-14(17(34)30(15)18)28-16(33)13(29-38-6-12(31)32)11-8-42-20(26)27-11/h4-5,8-9,14,18H,3,6-7H2,1-2H3,(H2,26,27)(H,28,33)(H,31,32)/t9?,14?,18-/m0/s1. The monoisotopic (exact) mass is 637 g/mol. The summed E-state index contributed by atoms with van der Waals surface area (Å²) in [6, 6.07) is -1.30. The summed E-state index contributed by atoms with van der Waals surface area (Å²) in [5.74, 6) is -4.79. The lowest BCUT2D eigenvalue weighted by molar-refractivity contribution is -0.168. The van der Waals surface area contributed by atoms with Crippen molar-refractivity contribution in [3.05, 3.63) is 34.5 Å². The van der Waals surface area contributed by atoms with Crippen LogP contribution in [0.2, 0.25) is 0 Å². The number of aliphatic carboxylic acids is 1. The first kappa shape index (κ1) is 32.2. The normalized spacial score (nSPS) is 19.5. The van der Waals surface area contributed by atoms with Gasteiger partial charge in [-0.25, -0.2) is 19.4 Å². The van der Waals surface area contributed by atoms with Crippen LogP contribution in [0, 0.1) is 0 Å². The maximum atomic E-state index is 13.1. The minimum absolute atomic E-state index is 0.0424. The summed E-state index contributed by atoms with van der Waals surface area (Å²) < 4.78 is 53.0. The van der Waals surface area contributed by atoms with Crippen molar-refractivity contribution in [1.82, 2.24) is 15.2 Å². The Morgan fingerprint density at radius 2 is 2.05 bits per heavy atom. The van der Waals surface area contributed by atoms with Gasteiger partial charge in [0.2, 0.25) is 12.9 Å². The third-order valence-electron chi connectivity index (χ3n) is 5.07. The average Bonchev–Trinajstić information content (AvgIpc) is 3.32. The summed E-state index contributed by atoms with van der Waals surface area (Å²) in [6.07, 6.45) is -6.97. The number of carboxylic acids is 1. The molecule has 2 amide bonds. The molecule has 0 saturated carbocycles. The van der Waals surface area contributed by atoms with Crippen molar-refractivity contribution in [3.63, 3.8) is 0 Å². The first-order valence-corrected chi connectivity index (χ1v) is 13.6. The predicted octanol–water partition coefficient (Wildman–Crippen LogP) is 1.37. The van der Waals surface area contributed by atoms with Crippen LogP contribution in [-0.2, 0) is 38.2 Å². The van der Waals surface area contributed by atoms with E-state index in [4.69, 9.17) is 20.3 Å². The number of halogens is 3. The Kier molecular flexibility index (Phi) is 10.4. The second-order valence-electron chi connectivity index (χ2n) is 8.06. The molecule has 3 atom stereocenters. The zero-order valence-electron chi connectivity index (χ0n) is 21.6. The van der Waals surface area contributed by atoms with E-state index in [2.05, 4.69) is 25.0 Å². The number of fused-ring (bicyclic) bond motifs is 1. The van der Waals surface area contributed by atoms with Crippen molar-refractivity contribution in [2.24, 2.45) is 5.16 Å². The van der Waals surface area contributed by atoms with Gasteiger partial charge in [0.15, 0.2) is 10.8 Å². The third kappa shape index (κ3) is 8.12. The number of amides is 2. The summed E-state index contributed by atoms with van der Waals surface area (Å²) in [4.78, 5) is 70.8. The number of β-lactam (4-membered cyclic amide) rings is 1. The zero-order valence-corrected chi connectivity index (χ0v) is 23.2. The fraction of sp³-hybridized carbons (Fsp3) is 0.409. The highest BCUT2D eigenvalue weighted by atomic mass is 32.2. The highest BCUT2D eigenvalue weighted by Gasteiger charge is 2.54. The van der Waals surface area contributed by atoms with Gasteiger partial charge >= 0.3 is 24.3 Å². The first-order chi connectivity index (χ1) is 19.7. The van der Waals surface area contributed by atoms with E-state index in [1.165, 1.54) is 12.3 Å². The average molecular weight is 638 g/mol. The quantitative estimate of drug-likeness (QED) is 0.103. The maximum Gasteiger partial charge on any atom is 0.511 e. The number of carbonyl (C=O) groups is 5. The Morgan fingerprint density at radius 1 is 1.33 bits per heavy atom. The minimum atomic E-state index is -4.74. The molecule has 0 aliphatic carbocycles. The largest absolute Gasteiger partial charge is 0.511 e. The molecule has 20 heteroatoms. The van der Waals surface area contributed by atoms with E-state index in [-0.39, 0.29) is 34.8 Å². The number of alkyl halides is 3. The molecule has 3 heterocycles. The molecule has 0 spiro atoms. The van der Waals surface area contributed by atoms with E-state index < -0.39 is 71.8 Å². The number of nitrogens with zero attached hydrogens (tertiary/aromatic N) is 3. The number of aromatic nitrogens is 1. The van der Waals surface area contributed by atoms with Gasteiger partial charge in [-0.05, 0) is 12.5 Å². The number of hydrogen-bond donors (Lipinski definition) is 3. The van der Waals surface area contributed by atoms with Gasteiger partial charge in [-0.15, -0.1) is 23.1 Å². The van der Waals surface area contributed by atoms with E-state index in [0.717, 1.165) is 34.9 Å². The van der Waals surface area contributed by atoms with Gasteiger partial charge in [-0.1, -0.05) is 11.2 Å². The molecule has 1 aromatic rings. The Balaban J connectivity index is 1.84. The second kappa shape index (κ2) is 13.6. The fourth-order valence-electron chi connectivity index (χ4n) is 3.44. The second-order valence-corrected chi connectivity index (χ2v) is 10.1. The van der Waals surface area contributed by atoms with Gasteiger partial charge in [0.05, 0.1) is 6.61 Å². The van der Waals surface area contributed by atoms with Crippen LogP contribution in [0.3, 0.4) is 0 Å². The number of thiazole rings is 1. The van der Waals surface area contributed by atoms with Crippen molar-refractivity contribution in [2.45, 2.75) is 37.7 Å². The molecule has 2 unspecified atom stereocenters. The van der Waals surface area contributed by atoms with E-state index in [9.17, 15) is 37.1 Å². The number of carbonyl (C=O) groups excluding carboxylic acids is 4. The Bertz CT molecular complexity index is 1350. The minimum Gasteiger partial charge on any atom is -0.479 e. The summed E-state index contributed by atoms with van der Waals surface area (Å²) >= 11 is 1.87. The van der Waals surface area contributed by atoms with Gasteiger partial charge in [0, 0.05) is 24.1 Å².